The molecular formula is C17H13F3N2O2. The molecule has 3 rings (SSSR count). The van der Waals surface area contributed by atoms with Crippen LogP contribution in [0.25, 0.3) is 0 Å². The number of amides is 1. The minimum absolute atomic E-state index is 0.215. The van der Waals surface area contributed by atoms with E-state index in [1.165, 1.54) is 24.3 Å². The average Bonchev–Trinajstić information content (AvgIpc) is 2.93. The Bertz CT molecular complexity index is 760. The Hall–Kier alpha value is -2.67. The molecule has 24 heavy (non-hydrogen) atoms. The molecule has 1 N–H and O–H groups in total. The van der Waals surface area contributed by atoms with Gasteiger partial charge in [0.05, 0.1) is 11.8 Å². The SMILES string of the molecule is O=C1[C@@H]([C@H](O)c2ccccc2)C(C(F)(F)F)=NN1c1ccccc1. The van der Waals surface area contributed by atoms with E-state index in [2.05, 4.69) is 5.10 Å². The van der Waals surface area contributed by atoms with Crippen LogP contribution in [0.3, 0.4) is 0 Å². The van der Waals surface area contributed by atoms with E-state index < -0.39 is 29.8 Å². The summed E-state index contributed by atoms with van der Waals surface area (Å²) in [6.45, 7) is 0. The zero-order valence-electron chi connectivity index (χ0n) is 12.3. The number of aliphatic hydroxyl groups is 1. The standard InChI is InChI=1S/C17H13F3N2O2/c18-17(19,20)15-13(14(23)11-7-3-1-4-8-11)16(24)22(21-15)12-9-5-2-6-10-12/h1-10,13-14,23H/t13-,14+/m0/s1. The van der Waals surface area contributed by atoms with Crippen molar-refractivity contribution in [3.8, 4) is 0 Å². The van der Waals surface area contributed by atoms with Crippen molar-refractivity contribution in [1.82, 2.24) is 0 Å². The van der Waals surface area contributed by atoms with Crippen LogP contribution in [-0.4, -0.2) is 22.9 Å². The van der Waals surface area contributed by atoms with Crippen molar-refractivity contribution in [2.24, 2.45) is 11.0 Å². The minimum atomic E-state index is -4.82. The molecular weight excluding hydrogens is 321 g/mol. The third-order valence-electron chi connectivity index (χ3n) is 3.73. The van der Waals surface area contributed by atoms with Crippen molar-refractivity contribution >= 4 is 17.3 Å². The summed E-state index contributed by atoms with van der Waals surface area (Å²) < 4.78 is 40.0. The molecule has 0 saturated heterocycles. The molecule has 0 aromatic heterocycles. The van der Waals surface area contributed by atoms with Crippen LogP contribution < -0.4 is 5.01 Å². The topological polar surface area (TPSA) is 52.9 Å². The zero-order chi connectivity index (χ0) is 17.3. The first-order valence-corrected chi connectivity index (χ1v) is 7.17. The molecule has 2 atom stereocenters. The Balaban J connectivity index is 2.02. The average molecular weight is 334 g/mol. The molecule has 0 spiro atoms. The highest BCUT2D eigenvalue weighted by Crippen LogP contribution is 2.37. The van der Waals surface area contributed by atoms with E-state index in [1.54, 1.807) is 36.4 Å². The molecule has 0 aliphatic carbocycles. The highest BCUT2D eigenvalue weighted by molar-refractivity contribution is 6.17. The predicted molar refractivity (Wildman–Crippen MR) is 82.3 cm³/mol. The fourth-order valence-electron chi connectivity index (χ4n) is 2.58. The van der Waals surface area contributed by atoms with Crippen LogP contribution in [-0.2, 0) is 4.79 Å². The van der Waals surface area contributed by atoms with Crippen molar-refractivity contribution in [2.45, 2.75) is 12.3 Å². The summed E-state index contributed by atoms with van der Waals surface area (Å²) in [7, 11) is 0. The molecule has 1 aliphatic rings. The lowest BCUT2D eigenvalue weighted by Gasteiger charge is -2.20. The molecule has 1 heterocycles. The largest absolute Gasteiger partial charge is 0.432 e. The van der Waals surface area contributed by atoms with Gasteiger partial charge in [-0.15, -0.1) is 0 Å². The summed E-state index contributed by atoms with van der Waals surface area (Å²) in [6.07, 6.45) is -6.45. The Morgan fingerprint density at radius 1 is 1.00 bits per heavy atom. The number of alkyl halides is 3. The van der Waals surface area contributed by atoms with Gasteiger partial charge in [0.25, 0.3) is 5.91 Å². The van der Waals surface area contributed by atoms with E-state index in [-0.39, 0.29) is 11.3 Å². The molecule has 7 heteroatoms. The van der Waals surface area contributed by atoms with Crippen LogP contribution in [0.15, 0.2) is 65.8 Å². The number of hydrogen-bond acceptors (Lipinski definition) is 3. The second-order valence-corrected chi connectivity index (χ2v) is 5.30. The van der Waals surface area contributed by atoms with Crippen molar-refractivity contribution in [1.29, 1.82) is 0 Å². The molecule has 1 amide bonds. The summed E-state index contributed by atoms with van der Waals surface area (Å²) >= 11 is 0. The molecule has 4 nitrogen and oxygen atoms in total. The molecule has 0 radical (unpaired) electrons. The smallest absolute Gasteiger partial charge is 0.387 e. The fourth-order valence-corrected chi connectivity index (χ4v) is 2.58. The van der Waals surface area contributed by atoms with E-state index in [9.17, 15) is 23.1 Å². The molecule has 0 fully saturated rings. The lowest BCUT2D eigenvalue weighted by atomic mass is 9.91. The first kappa shape index (κ1) is 16.2. The van der Waals surface area contributed by atoms with Crippen LogP contribution in [0.4, 0.5) is 18.9 Å². The maximum absolute atomic E-state index is 13.3. The number of benzene rings is 2. The Labute approximate surface area is 135 Å². The Morgan fingerprint density at radius 2 is 1.54 bits per heavy atom. The molecule has 2 aromatic rings. The summed E-state index contributed by atoms with van der Waals surface area (Å²) in [5, 5.41) is 14.5. The third-order valence-corrected chi connectivity index (χ3v) is 3.73. The van der Waals surface area contributed by atoms with Gasteiger partial charge in [0, 0.05) is 0 Å². The molecule has 1 aliphatic heterocycles. The summed E-state index contributed by atoms with van der Waals surface area (Å²) in [4.78, 5) is 12.5. The molecule has 2 aromatic carbocycles. The van der Waals surface area contributed by atoms with Gasteiger partial charge in [0.15, 0.2) is 5.71 Å². The molecule has 0 saturated carbocycles. The van der Waals surface area contributed by atoms with Crippen LogP contribution in [0, 0.1) is 5.92 Å². The van der Waals surface area contributed by atoms with Gasteiger partial charge in [-0.05, 0) is 17.7 Å². The van der Waals surface area contributed by atoms with Crippen molar-refractivity contribution in [2.75, 3.05) is 5.01 Å². The van der Waals surface area contributed by atoms with Crippen molar-refractivity contribution in [3.63, 3.8) is 0 Å². The summed E-state index contributed by atoms with van der Waals surface area (Å²) in [5.41, 5.74) is -0.859. The van der Waals surface area contributed by atoms with E-state index in [0.29, 0.717) is 5.01 Å². The van der Waals surface area contributed by atoms with E-state index in [0.717, 1.165) is 0 Å². The van der Waals surface area contributed by atoms with Gasteiger partial charge in [0.2, 0.25) is 0 Å². The normalized spacial score (nSPS) is 19.3. The van der Waals surface area contributed by atoms with Gasteiger partial charge in [0.1, 0.15) is 5.92 Å². The maximum Gasteiger partial charge on any atom is 0.432 e. The van der Waals surface area contributed by atoms with Gasteiger partial charge in [-0.1, -0.05) is 48.5 Å². The monoisotopic (exact) mass is 334 g/mol. The summed E-state index contributed by atoms with van der Waals surface area (Å²) in [6, 6.07) is 15.6. The second kappa shape index (κ2) is 6.09. The number of carbonyl (C=O) groups is 1. The number of halogens is 3. The Kier molecular flexibility index (Phi) is 4.11. The number of aliphatic hydroxyl groups excluding tert-OH is 1. The molecule has 0 bridgehead atoms. The van der Waals surface area contributed by atoms with Crippen LogP contribution in [0.2, 0.25) is 0 Å². The highest BCUT2D eigenvalue weighted by Gasteiger charge is 2.53. The Morgan fingerprint density at radius 3 is 2.08 bits per heavy atom. The fraction of sp³-hybridized carbons (Fsp3) is 0.176. The van der Waals surface area contributed by atoms with Gasteiger partial charge >= 0.3 is 6.18 Å². The van der Waals surface area contributed by atoms with Crippen molar-refractivity contribution < 1.29 is 23.1 Å². The summed E-state index contributed by atoms with van der Waals surface area (Å²) in [5.74, 6) is -2.71. The lowest BCUT2D eigenvalue weighted by molar-refractivity contribution is -0.123. The predicted octanol–water partition coefficient (Wildman–Crippen LogP) is 3.30. The lowest BCUT2D eigenvalue weighted by Crippen LogP contribution is -2.37. The first-order valence-electron chi connectivity index (χ1n) is 7.17. The number of hydrazone groups is 1. The minimum Gasteiger partial charge on any atom is -0.387 e. The van der Waals surface area contributed by atoms with Gasteiger partial charge in [-0.2, -0.15) is 23.3 Å². The van der Waals surface area contributed by atoms with Gasteiger partial charge in [-0.3, -0.25) is 4.79 Å². The first-order chi connectivity index (χ1) is 11.4. The number of para-hydroxylation sites is 1. The molecule has 0 unspecified atom stereocenters. The highest BCUT2D eigenvalue weighted by atomic mass is 19.4. The number of carbonyl (C=O) groups excluding carboxylic acids is 1. The number of nitrogens with zero attached hydrogens (tertiary/aromatic N) is 2. The number of hydrogen-bond donors (Lipinski definition) is 1. The maximum atomic E-state index is 13.3. The van der Waals surface area contributed by atoms with Crippen LogP contribution >= 0.6 is 0 Å². The third kappa shape index (κ3) is 2.90. The number of rotatable bonds is 3. The zero-order valence-corrected chi connectivity index (χ0v) is 12.3. The van der Waals surface area contributed by atoms with E-state index in [1.807, 2.05) is 0 Å². The van der Waals surface area contributed by atoms with E-state index >= 15 is 0 Å². The van der Waals surface area contributed by atoms with Crippen molar-refractivity contribution in [3.05, 3.63) is 66.2 Å². The van der Waals surface area contributed by atoms with Gasteiger partial charge in [-0.25, -0.2) is 0 Å². The number of anilines is 1. The van der Waals surface area contributed by atoms with E-state index in [4.69, 9.17) is 0 Å². The molecule has 124 valence electrons. The van der Waals surface area contributed by atoms with Crippen LogP contribution in [0.5, 0.6) is 0 Å². The van der Waals surface area contributed by atoms with Crippen LogP contribution in [0.1, 0.15) is 11.7 Å². The van der Waals surface area contributed by atoms with Gasteiger partial charge < -0.3 is 5.11 Å². The quantitative estimate of drug-likeness (QED) is 0.936. The second-order valence-electron chi connectivity index (χ2n) is 5.30.